The fraction of sp³-hybridized carbons (Fsp3) is 0.417. The summed E-state index contributed by atoms with van der Waals surface area (Å²) in [5, 5.41) is 0. The Bertz CT molecular complexity index is 316. The molecule has 0 aliphatic carbocycles. The van der Waals surface area contributed by atoms with Crippen molar-refractivity contribution in [2.45, 2.75) is 19.3 Å². The van der Waals surface area contributed by atoms with E-state index in [-0.39, 0.29) is 11.9 Å². The highest BCUT2D eigenvalue weighted by atomic mass is 16.5. The SMILES string of the molecule is CCC(C(=O)OC)c1ccc(OC)cc1. The summed E-state index contributed by atoms with van der Waals surface area (Å²) in [5.41, 5.74) is 0.963. The predicted molar refractivity (Wildman–Crippen MR) is 58.0 cm³/mol. The van der Waals surface area contributed by atoms with E-state index in [9.17, 15) is 4.79 Å². The van der Waals surface area contributed by atoms with E-state index in [1.165, 1.54) is 7.11 Å². The Morgan fingerprint density at radius 2 is 1.87 bits per heavy atom. The van der Waals surface area contributed by atoms with Crippen LogP contribution in [0.2, 0.25) is 0 Å². The van der Waals surface area contributed by atoms with E-state index >= 15 is 0 Å². The lowest BCUT2D eigenvalue weighted by Gasteiger charge is -2.12. The van der Waals surface area contributed by atoms with Gasteiger partial charge in [-0.05, 0) is 24.1 Å². The Kier molecular flexibility index (Phi) is 4.16. The average molecular weight is 208 g/mol. The number of rotatable bonds is 4. The third-order valence-electron chi connectivity index (χ3n) is 2.41. The van der Waals surface area contributed by atoms with Crippen molar-refractivity contribution in [1.29, 1.82) is 0 Å². The molecule has 3 nitrogen and oxygen atoms in total. The fourth-order valence-electron chi connectivity index (χ4n) is 1.52. The van der Waals surface area contributed by atoms with Crippen LogP contribution >= 0.6 is 0 Å². The van der Waals surface area contributed by atoms with Crippen LogP contribution in [-0.4, -0.2) is 20.2 Å². The van der Waals surface area contributed by atoms with Gasteiger partial charge in [0.2, 0.25) is 0 Å². The number of hydrogen-bond acceptors (Lipinski definition) is 3. The van der Waals surface area contributed by atoms with Gasteiger partial charge >= 0.3 is 5.97 Å². The minimum atomic E-state index is -0.192. The zero-order valence-corrected chi connectivity index (χ0v) is 9.32. The van der Waals surface area contributed by atoms with E-state index in [1.807, 2.05) is 31.2 Å². The molecule has 1 rings (SSSR count). The molecule has 0 saturated heterocycles. The van der Waals surface area contributed by atoms with E-state index in [2.05, 4.69) is 0 Å². The minimum absolute atomic E-state index is 0.180. The van der Waals surface area contributed by atoms with E-state index in [0.717, 1.165) is 17.7 Å². The Hall–Kier alpha value is -1.51. The number of esters is 1. The zero-order chi connectivity index (χ0) is 11.3. The topological polar surface area (TPSA) is 35.5 Å². The maximum Gasteiger partial charge on any atom is 0.313 e. The molecule has 0 amide bonds. The number of carbonyl (C=O) groups is 1. The van der Waals surface area contributed by atoms with Gasteiger partial charge in [0.05, 0.1) is 20.1 Å². The van der Waals surface area contributed by atoms with Gasteiger partial charge in [-0.15, -0.1) is 0 Å². The average Bonchev–Trinajstić information content (AvgIpc) is 2.30. The van der Waals surface area contributed by atoms with Gasteiger partial charge in [0, 0.05) is 0 Å². The predicted octanol–water partition coefficient (Wildman–Crippen LogP) is 2.36. The van der Waals surface area contributed by atoms with Crippen molar-refractivity contribution in [3.8, 4) is 5.75 Å². The van der Waals surface area contributed by atoms with Crippen molar-refractivity contribution >= 4 is 5.97 Å². The summed E-state index contributed by atoms with van der Waals surface area (Å²) in [6.45, 7) is 1.96. The number of benzene rings is 1. The Balaban J connectivity index is 2.87. The Labute approximate surface area is 90.0 Å². The van der Waals surface area contributed by atoms with Gasteiger partial charge in [-0.25, -0.2) is 0 Å². The van der Waals surface area contributed by atoms with Gasteiger partial charge in [0.15, 0.2) is 0 Å². The smallest absolute Gasteiger partial charge is 0.313 e. The van der Waals surface area contributed by atoms with Crippen LogP contribution in [0, 0.1) is 0 Å². The summed E-state index contributed by atoms with van der Waals surface area (Å²) < 4.78 is 9.80. The van der Waals surface area contributed by atoms with Crippen molar-refractivity contribution in [1.82, 2.24) is 0 Å². The van der Waals surface area contributed by atoms with Crippen molar-refractivity contribution in [2.24, 2.45) is 0 Å². The van der Waals surface area contributed by atoms with E-state index < -0.39 is 0 Å². The molecule has 0 aliphatic rings. The first-order chi connectivity index (χ1) is 7.22. The largest absolute Gasteiger partial charge is 0.497 e. The molecular formula is C12H16O3. The lowest BCUT2D eigenvalue weighted by atomic mass is 9.97. The first kappa shape index (κ1) is 11.6. The highest BCUT2D eigenvalue weighted by Crippen LogP contribution is 2.23. The third-order valence-corrected chi connectivity index (χ3v) is 2.41. The molecule has 3 heteroatoms. The van der Waals surface area contributed by atoms with Crippen LogP contribution in [-0.2, 0) is 9.53 Å². The van der Waals surface area contributed by atoms with Gasteiger partial charge in [-0.2, -0.15) is 0 Å². The monoisotopic (exact) mass is 208 g/mol. The van der Waals surface area contributed by atoms with Crippen molar-refractivity contribution in [3.63, 3.8) is 0 Å². The molecule has 1 aromatic carbocycles. The fourth-order valence-corrected chi connectivity index (χ4v) is 1.52. The number of ether oxygens (including phenoxy) is 2. The van der Waals surface area contributed by atoms with E-state index in [0.29, 0.717) is 0 Å². The maximum atomic E-state index is 11.4. The molecule has 0 spiro atoms. The highest BCUT2D eigenvalue weighted by molar-refractivity contribution is 5.77. The molecule has 0 radical (unpaired) electrons. The van der Waals surface area contributed by atoms with Crippen LogP contribution in [0.25, 0.3) is 0 Å². The van der Waals surface area contributed by atoms with Gasteiger partial charge in [-0.3, -0.25) is 4.79 Å². The van der Waals surface area contributed by atoms with Crippen molar-refractivity contribution in [2.75, 3.05) is 14.2 Å². The molecule has 0 aliphatic heterocycles. The van der Waals surface area contributed by atoms with Gasteiger partial charge < -0.3 is 9.47 Å². The maximum absolute atomic E-state index is 11.4. The molecule has 0 bridgehead atoms. The van der Waals surface area contributed by atoms with E-state index in [4.69, 9.17) is 9.47 Å². The minimum Gasteiger partial charge on any atom is -0.497 e. The standard InChI is InChI=1S/C12H16O3/c1-4-11(12(13)15-3)9-5-7-10(14-2)8-6-9/h5-8,11H,4H2,1-3H3. The number of methoxy groups -OCH3 is 2. The molecule has 0 saturated carbocycles. The van der Waals surface area contributed by atoms with E-state index in [1.54, 1.807) is 7.11 Å². The summed E-state index contributed by atoms with van der Waals surface area (Å²) in [6.07, 6.45) is 0.735. The van der Waals surface area contributed by atoms with Crippen LogP contribution in [0.4, 0.5) is 0 Å². The highest BCUT2D eigenvalue weighted by Gasteiger charge is 2.18. The second-order valence-electron chi connectivity index (χ2n) is 3.26. The van der Waals surface area contributed by atoms with Crippen molar-refractivity contribution in [3.05, 3.63) is 29.8 Å². The summed E-state index contributed by atoms with van der Waals surface area (Å²) in [6, 6.07) is 7.48. The molecule has 0 aromatic heterocycles. The zero-order valence-electron chi connectivity index (χ0n) is 9.32. The first-order valence-electron chi connectivity index (χ1n) is 4.94. The Morgan fingerprint density at radius 3 is 2.27 bits per heavy atom. The molecule has 1 aromatic rings. The normalized spacial score (nSPS) is 11.9. The second kappa shape index (κ2) is 5.39. The summed E-state index contributed by atoms with van der Waals surface area (Å²) in [4.78, 5) is 11.4. The molecule has 1 atom stereocenters. The van der Waals surface area contributed by atoms with Crippen LogP contribution in [0.15, 0.2) is 24.3 Å². The summed E-state index contributed by atoms with van der Waals surface area (Å²) in [5.74, 6) is 0.419. The van der Waals surface area contributed by atoms with Crippen molar-refractivity contribution < 1.29 is 14.3 Å². The van der Waals surface area contributed by atoms with Crippen LogP contribution < -0.4 is 4.74 Å². The molecule has 0 heterocycles. The summed E-state index contributed by atoms with van der Waals surface area (Å²) >= 11 is 0. The van der Waals surface area contributed by atoms with Crippen LogP contribution in [0.3, 0.4) is 0 Å². The first-order valence-corrected chi connectivity index (χ1v) is 4.94. The molecule has 82 valence electrons. The van der Waals surface area contributed by atoms with Crippen LogP contribution in [0.5, 0.6) is 5.75 Å². The third kappa shape index (κ3) is 2.72. The lowest BCUT2D eigenvalue weighted by molar-refractivity contribution is -0.142. The summed E-state index contributed by atoms with van der Waals surface area (Å²) in [7, 11) is 3.03. The molecule has 15 heavy (non-hydrogen) atoms. The Morgan fingerprint density at radius 1 is 1.27 bits per heavy atom. The van der Waals surface area contributed by atoms with Crippen LogP contribution in [0.1, 0.15) is 24.8 Å². The number of carbonyl (C=O) groups excluding carboxylic acids is 1. The molecule has 1 unspecified atom stereocenters. The lowest BCUT2D eigenvalue weighted by Crippen LogP contribution is -2.13. The molecular weight excluding hydrogens is 192 g/mol. The van der Waals surface area contributed by atoms with Gasteiger partial charge in [0.25, 0.3) is 0 Å². The van der Waals surface area contributed by atoms with Gasteiger partial charge in [-0.1, -0.05) is 19.1 Å². The molecule has 0 fully saturated rings. The second-order valence-corrected chi connectivity index (χ2v) is 3.26. The quantitative estimate of drug-likeness (QED) is 0.712. The number of hydrogen-bond donors (Lipinski definition) is 0. The van der Waals surface area contributed by atoms with Gasteiger partial charge in [0.1, 0.15) is 5.75 Å². The molecule has 0 N–H and O–H groups in total.